The van der Waals surface area contributed by atoms with Crippen LogP contribution in [0.3, 0.4) is 0 Å². The number of nitro benzene ring substituents is 1. The highest BCUT2D eigenvalue weighted by Crippen LogP contribution is 2.31. The quantitative estimate of drug-likeness (QED) is 0.456. The Bertz CT molecular complexity index is 1130. The number of hydrogen-bond acceptors (Lipinski definition) is 6. The zero-order valence-corrected chi connectivity index (χ0v) is 18.4. The van der Waals surface area contributed by atoms with E-state index in [0.717, 1.165) is 16.4 Å². The van der Waals surface area contributed by atoms with Gasteiger partial charge in [-0.1, -0.05) is 41.9 Å². The van der Waals surface area contributed by atoms with Gasteiger partial charge in [-0.15, -0.1) is 0 Å². The fraction of sp³-hybridized carbons (Fsp3) is 0.300. The van der Waals surface area contributed by atoms with Crippen LogP contribution in [0.2, 0.25) is 5.02 Å². The van der Waals surface area contributed by atoms with Gasteiger partial charge < -0.3 is 11.1 Å². The number of primary amides is 1. The van der Waals surface area contributed by atoms with E-state index in [9.17, 15) is 28.1 Å². The average Bonchev–Trinajstić information content (AvgIpc) is 2.77. The molecule has 0 bridgehead atoms. The summed E-state index contributed by atoms with van der Waals surface area (Å²) in [5, 5.41) is 13.5. The summed E-state index contributed by atoms with van der Waals surface area (Å²) < 4.78 is 27.1. The Balaban J connectivity index is 1.69. The Hall–Kier alpha value is -3.02. The van der Waals surface area contributed by atoms with Crippen LogP contribution in [0.4, 0.5) is 5.69 Å². The zero-order valence-electron chi connectivity index (χ0n) is 16.8. The molecule has 10 nitrogen and oxygen atoms in total. The summed E-state index contributed by atoms with van der Waals surface area (Å²) in [4.78, 5) is 34.5. The first kappa shape index (κ1) is 23.6. The lowest BCUT2D eigenvalue weighted by Crippen LogP contribution is -2.45. The maximum absolute atomic E-state index is 13.0. The number of non-ortho nitro benzene ring substituents is 1. The molecule has 0 radical (unpaired) electrons. The second-order valence-electron chi connectivity index (χ2n) is 7.30. The molecule has 0 spiro atoms. The van der Waals surface area contributed by atoms with E-state index in [1.165, 1.54) is 6.07 Å². The maximum Gasteiger partial charge on any atom is 0.270 e. The Labute approximate surface area is 189 Å². The maximum atomic E-state index is 13.0. The molecule has 2 amide bonds. The molecule has 1 fully saturated rings. The third kappa shape index (κ3) is 5.06. The highest BCUT2D eigenvalue weighted by molar-refractivity contribution is 7.89. The van der Waals surface area contributed by atoms with Crippen LogP contribution in [-0.2, 0) is 19.6 Å². The number of piperidine rings is 1. The molecule has 3 rings (SSSR count). The first-order valence-electron chi connectivity index (χ1n) is 9.70. The van der Waals surface area contributed by atoms with Gasteiger partial charge in [0.15, 0.2) is 0 Å². The number of rotatable bonds is 7. The number of sulfonamides is 1. The number of nitro groups is 1. The highest BCUT2D eigenvalue weighted by atomic mass is 35.5. The van der Waals surface area contributed by atoms with Gasteiger partial charge in [-0.2, -0.15) is 4.31 Å². The predicted molar refractivity (Wildman–Crippen MR) is 116 cm³/mol. The molecule has 12 heteroatoms. The number of nitrogens with zero attached hydrogens (tertiary/aromatic N) is 2. The monoisotopic (exact) mass is 480 g/mol. The lowest BCUT2D eigenvalue weighted by Gasteiger charge is -2.31. The van der Waals surface area contributed by atoms with Gasteiger partial charge in [0.05, 0.1) is 9.95 Å². The van der Waals surface area contributed by atoms with E-state index in [-0.39, 0.29) is 41.5 Å². The standard InChI is InChI=1S/C20H21ClN4O6S/c21-16-7-6-15(25(28)29)12-17(16)32(30,31)24-10-8-14(9-11-24)20(27)23-18(19(22)26)13-4-2-1-3-5-13/h1-7,12,14,18H,8-11H2,(H2,22,26)(H,23,27). The normalized spacial score (nSPS) is 16.3. The van der Waals surface area contributed by atoms with E-state index in [0.29, 0.717) is 5.56 Å². The molecule has 0 saturated carbocycles. The zero-order chi connectivity index (χ0) is 23.5. The van der Waals surface area contributed by atoms with Crippen LogP contribution in [0.1, 0.15) is 24.4 Å². The summed E-state index contributed by atoms with van der Waals surface area (Å²) in [6.45, 7) is 0.0397. The number of nitrogens with two attached hydrogens (primary N) is 1. The number of halogens is 1. The van der Waals surface area contributed by atoms with Gasteiger partial charge in [0.2, 0.25) is 21.8 Å². The van der Waals surface area contributed by atoms with Gasteiger partial charge in [0.25, 0.3) is 5.69 Å². The molecule has 1 atom stereocenters. The average molecular weight is 481 g/mol. The molecule has 1 aliphatic rings. The lowest BCUT2D eigenvalue weighted by molar-refractivity contribution is -0.385. The van der Waals surface area contributed by atoms with Crippen LogP contribution >= 0.6 is 11.6 Å². The Morgan fingerprint density at radius 2 is 1.78 bits per heavy atom. The smallest absolute Gasteiger partial charge is 0.270 e. The molecule has 32 heavy (non-hydrogen) atoms. The number of amides is 2. The summed E-state index contributed by atoms with van der Waals surface area (Å²) in [6.07, 6.45) is 0.412. The summed E-state index contributed by atoms with van der Waals surface area (Å²) in [5.41, 5.74) is 5.60. The summed E-state index contributed by atoms with van der Waals surface area (Å²) >= 11 is 5.99. The first-order chi connectivity index (χ1) is 15.1. The number of hydrogen-bond donors (Lipinski definition) is 2. The topological polar surface area (TPSA) is 153 Å². The molecule has 1 aliphatic heterocycles. The fourth-order valence-corrected chi connectivity index (χ4v) is 5.49. The SMILES string of the molecule is NC(=O)C(NC(=O)C1CCN(S(=O)(=O)c2cc([N+](=O)[O-])ccc2Cl)CC1)c1ccccc1. The molecule has 2 aromatic rings. The minimum absolute atomic E-state index is 0.0199. The van der Waals surface area contributed by atoms with Gasteiger partial charge in [-0.25, -0.2) is 8.42 Å². The van der Waals surface area contributed by atoms with Gasteiger partial charge in [-0.05, 0) is 24.5 Å². The number of carbonyl (C=O) groups is 2. The molecule has 2 aromatic carbocycles. The van der Waals surface area contributed by atoms with Crippen molar-refractivity contribution in [3.05, 3.63) is 69.2 Å². The molecule has 3 N–H and O–H groups in total. The molecule has 1 unspecified atom stereocenters. The van der Waals surface area contributed by atoms with Crippen molar-refractivity contribution in [3.63, 3.8) is 0 Å². The molecule has 1 saturated heterocycles. The van der Waals surface area contributed by atoms with Crippen LogP contribution in [0.5, 0.6) is 0 Å². The second-order valence-corrected chi connectivity index (χ2v) is 9.62. The van der Waals surface area contributed by atoms with E-state index < -0.39 is 38.7 Å². The molecular formula is C20H21ClN4O6S. The van der Waals surface area contributed by atoms with Gasteiger partial charge >= 0.3 is 0 Å². The minimum Gasteiger partial charge on any atom is -0.368 e. The van der Waals surface area contributed by atoms with Crippen molar-refractivity contribution in [2.24, 2.45) is 11.7 Å². The first-order valence-corrected chi connectivity index (χ1v) is 11.5. The highest BCUT2D eigenvalue weighted by Gasteiger charge is 2.35. The van der Waals surface area contributed by atoms with Crippen molar-refractivity contribution in [2.75, 3.05) is 13.1 Å². The van der Waals surface area contributed by atoms with Crippen molar-refractivity contribution in [3.8, 4) is 0 Å². The second kappa shape index (κ2) is 9.63. The Morgan fingerprint density at radius 1 is 1.16 bits per heavy atom. The lowest BCUT2D eigenvalue weighted by atomic mass is 9.96. The van der Waals surface area contributed by atoms with E-state index in [1.807, 2.05) is 0 Å². The van der Waals surface area contributed by atoms with Gasteiger partial charge in [-0.3, -0.25) is 19.7 Å². The van der Waals surface area contributed by atoms with Crippen molar-refractivity contribution in [2.45, 2.75) is 23.8 Å². The molecule has 170 valence electrons. The van der Waals surface area contributed by atoms with E-state index in [4.69, 9.17) is 17.3 Å². The molecule has 1 heterocycles. The Morgan fingerprint density at radius 3 is 2.34 bits per heavy atom. The van der Waals surface area contributed by atoms with Crippen LogP contribution in [0.25, 0.3) is 0 Å². The molecular weight excluding hydrogens is 460 g/mol. The van der Waals surface area contributed by atoms with Crippen LogP contribution in [0, 0.1) is 16.0 Å². The van der Waals surface area contributed by atoms with Crippen molar-refractivity contribution in [1.29, 1.82) is 0 Å². The fourth-order valence-electron chi connectivity index (χ4n) is 3.53. The number of benzene rings is 2. The predicted octanol–water partition coefficient (Wildman–Crippen LogP) is 1.99. The summed E-state index contributed by atoms with van der Waals surface area (Å²) in [7, 11) is -4.09. The van der Waals surface area contributed by atoms with Gasteiger partial charge in [0, 0.05) is 31.1 Å². The van der Waals surface area contributed by atoms with Crippen molar-refractivity contribution < 1.29 is 22.9 Å². The van der Waals surface area contributed by atoms with Gasteiger partial charge in [0.1, 0.15) is 10.9 Å². The van der Waals surface area contributed by atoms with Crippen LogP contribution < -0.4 is 11.1 Å². The largest absolute Gasteiger partial charge is 0.368 e. The van der Waals surface area contributed by atoms with E-state index in [2.05, 4.69) is 5.32 Å². The van der Waals surface area contributed by atoms with Crippen LogP contribution in [0.15, 0.2) is 53.4 Å². The number of nitrogens with one attached hydrogen (secondary N) is 1. The van der Waals surface area contributed by atoms with Crippen molar-refractivity contribution >= 4 is 39.1 Å². The third-order valence-electron chi connectivity index (χ3n) is 5.27. The van der Waals surface area contributed by atoms with Crippen LogP contribution in [-0.4, -0.2) is 42.6 Å². The van der Waals surface area contributed by atoms with E-state index in [1.54, 1.807) is 30.3 Å². The van der Waals surface area contributed by atoms with E-state index >= 15 is 0 Å². The summed E-state index contributed by atoms with van der Waals surface area (Å²) in [6, 6.07) is 10.8. The molecule has 0 aliphatic carbocycles. The number of carbonyl (C=O) groups excluding carboxylic acids is 2. The summed E-state index contributed by atoms with van der Waals surface area (Å²) in [5.74, 6) is -1.62. The molecule has 0 aromatic heterocycles. The Kier molecular flexibility index (Phi) is 7.12. The third-order valence-corrected chi connectivity index (χ3v) is 7.65. The minimum atomic E-state index is -4.09. The van der Waals surface area contributed by atoms with Crippen molar-refractivity contribution in [1.82, 2.24) is 9.62 Å².